The first kappa shape index (κ1) is 17.5. The summed E-state index contributed by atoms with van der Waals surface area (Å²) >= 11 is 2.19. The lowest BCUT2D eigenvalue weighted by Gasteiger charge is -2.24. The molecule has 26 heavy (non-hydrogen) atoms. The SMILES string of the molecule is CC(C)(C)OC(=O)c1ncn2c1[C@@H]1CCCN1C(=O)c1c(I)cccc1-2. The van der Waals surface area contributed by atoms with E-state index < -0.39 is 11.6 Å². The van der Waals surface area contributed by atoms with Crippen molar-refractivity contribution in [1.29, 1.82) is 0 Å². The summed E-state index contributed by atoms with van der Waals surface area (Å²) in [5.74, 6) is -0.425. The van der Waals surface area contributed by atoms with Gasteiger partial charge in [0.25, 0.3) is 5.91 Å². The van der Waals surface area contributed by atoms with Gasteiger partial charge in [-0.25, -0.2) is 9.78 Å². The van der Waals surface area contributed by atoms with Crippen molar-refractivity contribution in [1.82, 2.24) is 14.5 Å². The number of ether oxygens (including phenoxy) is 1. The van der Waals surface area contributed by atoms with Gasteiger partial charge in [0.2, 0.25) is 0 Å². The fraction of sp³-hybridized carbons (Fsp3) is 0.421. The third kappa shape index (κ3) is 2.72. The Kier molecular flexibility index (Phi) is 4.09. The number of rotatable bonds is 1. The van der Waals surface area contributed by atoms with Gasteiger partial charge in [0.1, 0.15) is 11.9 Å². The van der Waals surface area contributed by atoms with Gasteiger partial charge in [0.05, 0.1) is 23.0 Å². The first-order valence-electron chi connectivity index (χ1n) is 8.68. The molecule has 3 heterocycles. The van der Waals surface area contributed by atoms with E-state index in [2.05, 4.69) is 27.6 Å². The lowest BCUT2D eigenvalue weighted by Crippen LogP contribution is -2.31. The fourth-order valence-corrected chi connectivity index (χ4v) is 4.43. The van der Waals surface area contributed by atoms with Crippen LogP contribution in [0.5, 0.6) is 0 Å². The van der Waals surface area contributed by atoms with Crippen LogP contribution in [0.15, 0.2) is 24.5 Å². The minimum atomic E-state index is -0.600. The van der Waals surface area contributed by atoms with E-state index in [9.17, 15) is 9.59 Å². The highest BCUT2D eigenvalue weighted by Crippen LogP contribution is 2.40. The van der Waals surface area contributed by atoms with E-state index in [1.54, 1.807) is 6.33 Å². The molecule has 1 atom stereocenters. The van der Waals surface area contributed by atoms with Crippen LogP contribution in [-0.2, 0) is 4.74 Å². The molecule has 6 nitrogen and oxygen atoms in total. The van der Waals surface area contributed by atoms with E-state index in [1.165, 1.54) is 0 Å². The maximum absolute atomic E-state index is 13.2. The van der Waals surface area contributed by atoms with E-state index in [0.29, 0.717) is 17.8 Å². The number of nitrogens with zero attached hydrogens (tertiary/aromatic N) is 3. The highest BCUT2D eigenvalue weighted by atomic mass is 127. The van der Waals surface area contributed by atoms with Gasteiger partial charge >= 0.3 is 5.97 Å². The number of aromatic nitrogens is 2. The van der Waals surface area contributed by atoms with E-state index >= 15 is 0 Å². The van der Waals surface area contributed by atoms with E-state index in [0.717, 1.165) is 27.8 Å². The second-order valence-corrected chi connectivity index (χ2v) is 8.80. The molecule has 2 aliphatic heterocycles. The Morgan fingerprint density at radius 3 is 2.85 bits per heavy atom. The predicted molar refractivity (Wildman–Crippen MR) is 104 cm³/mol. The third-order valence-electron chi connectivity index (χ3n) is 4.69. The molecule has 1 fully saturated rings. The maximum atomic E-state index is 13.2. The minimum Gasteiger partial charge on any atom is -0.455 e. The Bertz CT molecular complexity index is 913. The molecular formula is C19H20IN3O3. The van der Waals surface area contributed by atoms with Gasteiger partial charge in [-0.3, -0.25) is 9.36 Å². The fourth-order valence-electron chi connectivity index (χ4n) is 3.71. The molecule has 0 aliphatic carbocycles. The third-order valence-corrected chi connectivity index (χ3v) is 5.59. The number of fused-ring (bicyclic) bond motifs is 5. The largest absolute Gasteiger partial charge is 0.455 e. The van der Waals surface area contributed by atoms with Crippen molar-refractivity contribution in [2.24, 2.45) is 0 Å². The van der Waals surface area contributed by atoms with Crippen molar-refractivity contribution in [3.8, 4) is 5.69 Å². The maximum Gasteiger partial charge on any atom is 0.359 e. The number of carbonyl (C=O) groups is 2. The van der Waals surface area contributed by atoms with Crippen LogP contribution in [0.3, 0.4) is 0 Å². The van der Waals surface area contributed by atoms with Crippen molar-refractivity contribution in [2.75, 3.05) is 6.54 Å². The topological polar surface area (TPSA) is 64.4 Å². The van der Waals surface area contributed by atoms with Crippen LogP contribution in [0.4, 0.5) is 0 Å². The van der Waals surface area contributed by atoms with Crippen LogP contribution in [-0.4, -0.2) is 38.5 Å². The second kappa shape index (κ2) is 6.07. The number of hydrogen-bond acceptors (Lipinski definition) is 4. The number of benzene rings is 1. The summed E-state index contributed by atoms with van der Waals surface area (Å²) in [6, 6.07) is 5.60. The Morgan fingerprint density at radius 1 is 1.35 bits per heavy atom. The molecule has 4 rings (SSSR count). The van der Waals surface area contributed by atoms with Gasteiger partial charge < -0.3 is 9.64 Å². The highest BCUT2D eigenvalue weighted by Gasteiger charge is 2.41. The van der Waals surface area contributed by atoms with Crippen LogP contribution in [0.1, 0.15) is 66.2 Å². The first-order valence-corrected chi connectivity index (χ1v) is 9.76. The normalized spacial score (nSPS) is 18.8. The standard InChI is InChI=1S/C19H20IN3O3/c1-19(2,3)26-18(25)15-16-13-8-5-9-22(13)17(24)14-11(20)6-4-7-12(14)23(16)10-21-15/h4,6-7,10,13H,5,8-9H2,1-3H3/t13-/m0/s1. The summed E-state index contributed by atoms with van der Waals surface area (Å²) < 4.78 is 8.35. The van der Waals surface area contributed by atoms with Crippen LogP contribution in [0, 0.1) is 3.57 Å². The molecule has 7 heteroatoms. The zero-order chi connectivity index (χ0) is 18.6. The van der Waals surface area contributed by atoms with E-state index in [4.69, 9.17) is 4.74 Å². The monoisotopic (exact) mass is 465 g/mol. The van der Waals surface area contributed by atoms with Gasteiger partial charge in [-0.2, -0.15) is 0 Å². The van der Waals surface area contributed by atoms with Crippen LogP contribution in [0.25, 0.3) is 5.69 Å². The van der Waals surface area contributed by atoms with Crippen LogP contribution in [0.2, 0.25) is 0 Å². The molecule has 0 bridgehead atoms. The summed E-state index contributed by atoms with van der Waals surface area (Å²) in [5, 5.41) is 0. The van der Waals surface area contributed by atoms with Crippen LogP contribution >= 0.6 is 22.6 Å². The summed E-state index contributed by atoms with van der Waals surface area (Å²) in [4.78, 5) is 32.2. The summed E-state index contributed by atoms with van der Waals surface area (Å²) in [7, 11) is 0. The van der Waals surface area contributed by atoms with Crippen molar-refractivity contribution >= 4 is 34.5 Å². The van der Waals surface area contributed by atoms with Crippen molar-refractivity contribution in [3.63, 3.8) is 0 Å². The molecule has 1 aromatic heterocycles. The van der Waals surface area contributed by atoms with Gasteiger partial charge in [0.15, 0.2) is 5.69 Å². The minimum absolute atomic E-state index is 0.0198. The molecule has 1 aromatic carbocycles. The molecule has 1 saturated heterocycles. The molecular weight excluding hydrogens is 445 g/mol. The van der Waals surface area contributed by atoms with Gasteiger partial charge in [-0.15, -0.1) is 0 Å². The molecule has 0 spiro atoms. The number of halogens is 1. The smallest absolute Gasteiger partial charge is 0.359 e. The van der Waals surface area contributed by atoms with Crippen molar-refractivity contribution in [2.45, 2.75) is 45.3 Å². The number of esters is 1. The lowest BCUT2D eigenvalue weighted by molar-refractivity contribution is 0.00596. The molecule has 0 N–H and O–H groups in total. The zero-order valence-corrected chi connectivity index (χ0v) is 17.1. The molecule has 0 unspecified atom stereocenters. The first-order chi connectivity index (χ1) is 12.3. The number of carbonyl (C=O) groups excluding carboxylic acids is 2. The second-order valence-electron chi connectivity index (χ2n) is 7.64. The van der Waals surface area contributed by atoms with Crippen molar-refractivity contribution in [3.05, 3.63) is 45.0 Å². The van der Waals surface area contributed by atoms with Crippen molar-refractivity contribution < 1.29 is 14.3 Å². The molecule has 2 aliphatic rings. The van der Waals surface area contributed by atoms with E-state index in [1.807, 2.05) is 48.4 Å². The molecule has 0 saturated carbocycles. The number of hydrogen-bond donors (Lipinski definition) is 0. The Balaban J connectivity index is 1.93. The molecule has 136 valence electrons. The Morgan fingerprint density at radius 2 is 2.12 bits per heavy atom. The Labute approximate surface area is 165 Å². The molecule has 1 amide bonds. The number of amides is 1. The molecule has 2 aromatic rings. The quantitative estimate of drug-likeness (QED) is 0.476. The summed E-state index contributed by atoms with van der Waals surface area (Å²) in [5.41, 5.74) is 1.90. The lowest BCUT2D eigenvalue weighted by atomic mass is 10.1. The van der Waals surface area contributed by atoms with Gasteiger partial charge in [-0.05, 0) is 68.3 Å². The number of imidazole rings is 1. The Hall–Kier alpha value is -1.90. The highest BCUT2D eigenvalue weighted by molar-refractivity contribution is 14.1. The molecule has 0 radical (unpaired) electrons. The van der Waals surface area contributed by atoms with E-state index in [-0.39, 0.29) is 11.9 Å². The zero-order valence-electron chi connectivity index (χ0n) is 15.0. The summed E-state index contributed by atoms with van der Waals surface area (Å²) in [6.07, 6.45) is 3.37. The van der Waals surface area contributed by atoms with Gasteiger partial charge in [-0.1, -0.05) is 6.07 Å². The van der Waals surface area contributed by atoms with Gasteiger partial charge in [0, 0.05) is 10.1 Å². The predicted octanol–water partition coefficient (Wildman–Crippen LogP) is 3.72. The van der Waals surface area contributed by atoms with Crippen LogP contribution < -0.4 is 0 Å². The average molecular weight is 465 g/mol. The average Bonchev–Trinajstić information content (AvgIpc) is 3.17. The summed E-state index contributed by atoms with van der Waals surface area (Å²) in [6.45, 7) is 6.20.